The Hall–Kier alpha value is -4.11. The lowest BCUT2D eigenvalue weighted by Crippen LogP contribution is -2.14. The highest BCUT2D eigenvalue weighted by molar-refractivity contribution is 7.91. The van der Waals surface area contributed by atoms with Gasteiger partial charge in [-0.3, -0.25) is 4.79 Å². The highest BCUT2D eigenvalue weighted by Gasteiger charge is 2.16. The van der Waals surface area contributed by atoms with Crippen LogP contribution in [0, 0.1) is 17.5 Å². The molecule has 0 unspecified atom stereocenters. The van der Waals surface area contributed by atoms with Gasteiger partial charge in [-0.1, -0.05) is 25.1 Å². The van der Waals surface area contributed by atoms with Gasteiger partial charge in [0.15, 0.2) is 9.84 Å². The number of anilines is 1. The Morgan fingerprint density at radius 1 is 0.838 bits per heavy atom. The summed E-state index contributed by atoms with van der Waals surface area (Å²) in [6.45, 7) is 1.55. The van der Waals surface area contributed by atoms with Gasteiger partial charge in [0, 0.05) is 28.9 Å². The highest BCUT2D eigenvalue weighted by Crippen LogP contribution is 2.37. The van der Waals surface area contributed by atoms with Gasteiger partial charge in [0.05, 0.1) is 17.1 Å². The molecule has 0 spiro atoms. The monoisotopic (exact) mass is 525 g/mol. The van der Waals surface area contributed by atoms with Gasteiger partial charge < -0.3 is 10.1 Å². The summed E-state index contributed by atoms with van der Waals surface area (Å²) in [5.41, 5.74) is 1.04. The van der Waals surface area contributed by atoms with E-state index in [1.54, 1.807) is 19.1 Å². The molecule has 1 N–H and O–H groups in total. The van der Waals surface area contributed by atoms with Crippen molar-refractivity contribution in [3.8, 4) is 22.6 Å². The van der Waals surface area contributed by atoms with Crippen LogP contribution in [-0.4, -0.2) is 20.1 Å². The Morgan fingerprint density at radius 2 is 1.57 bits per heavy atom. The van der Waals surface area contributed by atoms with Crippen LogP contribution in [0.2, 0.25) is 0 Å². The molecule has 0 aliphatic rings. The number of hydrogen-bond donors (Lipinski definition) is 1. The van der Waals surface area contributed by atoms with E-state index in [-0.39, 0.29) is 39.7 Å². The number of carbonyl (C=O) groups excluding carboxylic acids is 1. The van der Waals surface area contributed by atoms with Crippen LogP contribution in [0.15, 0.2) is 89.8 Å². The van der Waals surface area contributed by atoms with Crippen molar-refractivity contribution in [2.45, 2.75) is 18.2 Å². The van der Waals surface area contributed by atoms with E-state index in [0.717, 1.165) is 24.3 Å². The molecule has 0 aliphatic carbocycles. The maximum Gasteiger partial charge on any atom is 0.228 e. The quantitative estimate of drug-likeness (QED) is 0.284. The molecular formula is C28H22F3NO4S. The minimum atomic E-state index is -3.35. The van der Waals surface area contributed by atoms with Crippen molar-refractivity contribution < 1.29 is 31.1 Å². The van der Waals surface area contributed by atoms with Gasteiger partial charge in [-0.25, -0.2) is 21.6 Å². The molecule has 4 aromatic carbocycles. The first-order valence-corrected chi connectivity index (χ1v) is 12.9. The number of rotatable bonds is 8. The molecule has 0 radical (unpaired) electrons. The predicted molar refractivity (Wildman–Crippen MR) is 135 cm³/mol. The lowest BCUT2D eigenvalue weighted by atomic mass is 10.0. The third-order valence-electron chi connectivity index (χ3n) is 5.54. The Morgan fingerprint density at radius 3 is 2.27 bits per heavy atom. The molecule has 0 atom stereocenters. The van der Waals surface area contributed by atoms with E-state index in [9.17, 15) is 26.4 Å². The standard InChI is InChI=1S/C28H22F3NO4S/c1-2-37(34,35)23-10-6-18(7-11-23)14-28(33)32-21-9-12-24(25-16-20(30)8-13-26(25)31)27(17-21)36-22-5-3-4-19(29)15-22/h3-13,15-17H,2,14H2,1H3,(H,32,33). The minimum absolute atomic E-state index is 0.0254. The van der Waals surface area contributed by atoms with Gasteiger partial charge in [0.1, 0.15) is 29.0 Å². The Balaban J connectivity index is 1.60. The second kappa shape index (κ2) is 10.9. The molecule has 9 heteroatoms. The smallest absolute Gasteiger partial charge is 0.228 e. The van der Waals surface area contributed by atoms with Crippen LogP contribution in [-0.2, 0) is 21.1 Å². The van der Waals surface area contributed by atoms with Crippen LogP contribution >= 0.6 is 0 Å². The molecule has 190 valence electrons. The second-order valence-electron chi connectivity index (χ2n) is 8.17. The maximum atomic E-state index is 14.5. The maximum absolute atomic E-state index is 14.5. The number of benzene rings is 4. The summed E-state index contributed by atoms with van der Waals surface area (Å²) in [6, 6.07) is 18.8. The molecule has 0 saturated heterocycles. The highest BCUT2D eigenvalue weighted by atomic mass is 32.2. The number of sulfone groups is 1. The lowest BCUT2D eigenvalue weighted by molar-refractivity contribution is -0.115. The zero-order chi connectivity index (χ0) is 26.6. The number of carbonyl (C=O) groups is 1. The van der Waals surface area contributed by atoms with E-state index in [4.69, 9.17) is 4.74 Å². The van der Waals surface area contributed by atoms with Crippen molar-refractivity contribution in [2.75, 3.05) is 11.1 Å². The summed E-state index contributed by atoms with van der Waals surface area (Å²) in [7, 11) is -3.35. The molecule has 0 aliphatic heterocycles. The fraction of sp³-hybridized carbons (Fsp3) is 0.107. The van der Waals surface area contributed by atoms with Crippen LogP contribution in [0.3, 0.4) is 0 Å². The first kappa shape index (κ1) is 26.0. The Bertz CT molecular complexity index is 1550. The summed E-state index contributed by atoms with van der Waals surface area (Å²) < 4.78 is 71.8. The van der Waals surface area contributed by atoms with Gasteiger partial charge in [0.2, 0.25) is 5.91 Å². The molecule has 0 heterocycles. The van der Waals surface area contributed by atoms with Crippen molar-refractivity contribution in [1.29, 1.82) is 0 Å². The molecule has 0 saturated carbocycles. The van der Waals surface area contributed by atoms with E-state index in [1.807, 2.05) is 0 Å². The molecular weight excluding hydrogens is 503 g/mol. The number of amides is 1. The van der Waals surface area contributed by atoms with Crippen molar-refractivity contribution >= 4 is 21.4 Å². The zero-order valence-electron chi connectivity index (χ0n) is 19.7. The molecule has 37 heavy (non-hydrogen) atoms. The van der Waals surface area contributed by atoms with Crippen LogP contribution in [0.25, 0.3) is 11.1 Å². The Kier molecular flexibility index (Phi) is 7.63. The van der Waals surface area contributed by atoms with E-state index in [1.165, 1.54) is 48.5 Å². The largest absolute Gasteiger partial charge is 0.457 e. The summed E-state index contributed by atoms with van der Waals surface area (Å²) in [5, 5.41) is 2.71. The van der Waals surface area contributed by atoms with Crippen LogP contribution < -0.4 is 10.1 Å². The summed E-state index contributed by atoms with van der Waals surface area (Å²) in [4.78, 5) is 12.8. The number of ether oxygens (including phenoxy) is 1. The molecule has 4 aromatic rings. The van der Waals surface area contributed by atoms with Gasteiger partial charge in [-0.15, -0.1) is 0 Å². The van der Waals surface area contributed by atoms with E-state index in [0.29, 0.717) is 11.3 Å². The van der Waals surface area contributed by atoms with Crippen molar-refractivity contribution in [3.05, 3.63) is 108 Å². The van der Waals surface area contributed by atoms with Crippen molar-refractivity contribution in [2.24, 2.45) is 0 Å². The topological polar surface area (TPSA) is 72.5 Å². The van der Waals surface area contributed by atoms with E-state index < -0.39 is 33.2 Å². The third-order valence-corrected chi connectivity index (χ3v) is 7.29. The molecule has 5 nitrogen and oxygen atoms in total. The summed E-state index contributed by atoms with van der Waals surface area (Å²) >= 11 is 0. The van der Waals surface area contributed by atoms with E-state index in [2.05, 4.69) is 5.32 Å². The van der Waals surface area contributed by atoms with Gasteiger partial charge >= 0.3 is 0 Å². The van der Waals surface area contributed by atoms with Crippen molar-refractivity contribution in [3.63, 3.8) is 0 Å². The minimum Gasteiger partial charge on any atom is -0.457 e. The first-order valence-electron chi connectivity index (χ1n) is 11.3. The summed E-state index contributed by atoms with van der Waals surface area (Å²) in [6.07, 6.45) is -0.0349. The molecule has 1 amide bonds. The number of hydrogen-bond acceptors (Lipinski definition) is 4. The summed E-state index contributed by atoms with van der Waals surface area (Å²) in [5.74, 6) is -2.10. The Labute approximate surface area is 212 Å². The lowest BCUT2D eigenvalue weighted by Gasteiger charge is -2.15. The molecule has 4 rings (SSSR count). The average molecular weight is 526 g/mol. The second-order valence-corrected chi connectivity index (χ2v) is 10.4. The predicted octanol–water partition coefficient (Wildman–Crippen LogP) is 6.54. The third kappa shape index (κ3) is 6.37. The molecule has 0 fully saturated rings. The van der Waals surface area contributed by atoms with E-state index >= 15 is 0 Å². The number of nitrogens with one attached hydrogen (secondary N) is 1. The van der Waals surface area contributed by atoms with Crippen LogP contribution in [0.1, 0.15) is 12.5 Å². The van der Waals surface area contributed by atoms with Crippen LogP contribution in [0.5, 0.6) is 11.5 Å². The molecule has 0 aromatic heterocycles. The van der Waals surface area contributed by atoms with Gasteiger partial charge in [0.25, 0.3) is 0 Å². The fourth-order valence-electron chi connectivity index (χ4n) is 3.64. The molecule has 0 bridgehead atoms. The van der Waals surface area contributed by atoms with Crippen molar-refractivity contribution in [1.82, 2.24) is 0 Å². The van der Waals surface area contributed by atoms with Gasteiger partial charge in [-0.2, -0.15) is 0 Å². The fourth-order valence-corrected chi connectivity index (χ4v) is 4.52. The first-order chi connectivity index (χ1) is 17.6. The van der Waals surface area contributed by atoms with Crippen LogP contribution in [0.4, 0.5) is 18.9 Å². The number of halogens is 3. The van der Waals surface area contributed by atoms with Gasteiger partial charge in [-0.05, 0) is 60.2 Å². The normalized spacial score (nSPS) is 11.2. The average Bonchev–Trinajstić information content (AvgIpc) is 2.86. The zero-order valence-corrected chi connectivity index (χ0v) is 20.5. The SMILES string of the molecule is CCS(=O)(=O)c1ccc(CC(=O)Nc2ccc(-c3cc(F)ccc3F)c(Oc3cccc(F)c3)c2)cc1.